The Morgan fingerprint density at radius 1 is 1.27 bits per heavy atom. The molecule has 0 aliphatic heterocycles. The molecular formula is C8H12Cl2Si. The highest BCUT2D eigenvalue weighted by molar-refractivity contribution is 7.44. The van der Waals surface area contributed by atoms with Crippen molar-refractivity contribution in [3.63, 3.8) is 0 Å². The second kappa shape index (κ2) is 3.79. The Balaban J connectivity index is 2.23. The molecule has 0 aromatic carbocycles. The van der Waals surface area contributed by atoms with Gasteiger partial charge < -0.3 is 0 Å². The van der Waals surface area contributed by atoms with E-state index in [0.717, 1.165) is 12.5 Å². The van der Waals surface area contributed by atoms with Crippen LogP contribution in [-0.4, -0.2) is 6.69 Å². The largest absolute Gasteiger partial charge is 0.248 e. The number of rotatable bonds is 3. The molecule has 0 amide bonds. The van der Waals surface area contributed by atoms with E-state index in [1.165, 1.54) is 0 Å². The van der Waals surface area contributed by atoms with Crippen LogP contribution in [0.1, 0.15) is 6.42 Å². The van der Waals surface area contributed by atoms with Gasteiger partial charge in [0.15, 0.2) is 0 Å². The summed E-state index contributed by atoms with van der Waals surface area (Å²) in [6.07, 6.45) is 9.63. The molecule has 62 valence electrons. The Morgan fingerprint density at radius 2 is 1.82 bits per heavy atom. The molecule has 0 saturated heterocycles. The predicted octanol–water partition coefficient (Wildman–Crippen LogP) is 3.67. The summed E-state index contributed by atoms with van der Waals surface area (Å²) >= 11 is 11.9. The van der Waals surface area contributed by atoms with E-state index in [1.807, 2.05) is 6.55 Å². The Kier molecular flexibility index (Phi) is 3.23. The number of halogens is 2. The van der Waals surface area contributed by atoms with Crippen molar-refractivity contribution in [3.05, 3.63) is 24.3 Å². The zero-order valence-corrected chi connectivity index (χ0v) is 9.07. The van der Waals surface area contributed by atoms with Crippen molar-refractivity contribution in [2.45, 2.75) is 19.0 Å². The molecule has 1 aliphatic rings. The Morgan fingerprint density at radius 3 is 2.27 bits per heavy atom. The van der Waals surface area contributed by atoms with Crippen LogP contribution < -0.4 is 0 Å². The fourth-order valence-corrected chi connectivity index (χ4v) is 2.59. The maximum absolute atomic E-state index is 5.97. The minimum atomic E-state index is -1.85. The van der Waals surface area contributed by atoms with E-state index in [9.17, 15) is 0 Å². The van der Waals surface area contributed by atoms with Crippen LogP contribution in [0.3, 0.4) is 0 Å². The summed E-state index contributed by atoms with van der Waals surface area (Å²) in [7, 11) is 0. The lowest BCUT2D eigenvalue weighted by atomic mass is 10.1. The van der Waals surface area contributed by atoms with Gasteiger partial charge in [-0.05, 0) is 24.9 Å². The zero-order chi connectivity index (χ0) is 8.32. The van der Waals surface area contributed by atoms with Crippen molar-refractivity contribution in [1.29, 1.82) is 0 Å². The SMILES string of the molecule is C[Si](Cl)(Cl)CCC1C=CC=C1. The molecule has 0 atom stereocenters. The van der Waals surface area contributed by atoms with Gasteiger partial charge in [-0.2, -0.15) is 0 Å². The van der Waals surface area contributed by atoms with E-state index >= 15 is 0 Å². The molecule has 0 aromatic rings. The van der Waals surface area contributed by atoms with Gasteiger partial charge in [-0.1, -0.05) is 24.3 Å². The van der Waals surface area contributed by atoms with Crippen LogP contribution in [0.2, 0.25) is 12.6 Å². The van der Waals surface area contributed by atoms with Crippen molar-refractivity contribution in [3.8, 4) is 0 Å². The monoisotopic (exact) mass is 206 g/mol. The Bertz CT molecular complexity index is 167. The van der Waals surface area contributed by atoms with E-state index in [4.69, 9.17) is 22.2 Å². The smallest absolute Gasteiger partial charge is 0.146 e. The Labute approximate surface area is 78.3 Å². The Hall–Kier alpha value is 0.277. The number of hydrogen-bond donors (Lipinski definition) is 0. The second-order valence-electron chi connectivity index (χ2n) is 3.04. The minimum absolute atomic E-state index is 0.583. The highest BCUT2D eigenvalue weighted by Crippen LogP contribution is 2.26. The summed E-state index contributed by atoms with van der Waals surface area (Å²) in [5, 5.41) is 0. The third kappa shape index (κ3) is 3.99. The van der Waals surface area contributed by atoms with Gasteiger partial charge in [-0.3, -0.25) is 0 Å². The summed E-state index contributed by atoms with van der Waals surface area (Å²) in [4.78, 5) is 0. The van der Waals surface area contributed by atoms with Crippen LogP contribution in [0.4, 0.5) is 0 Å². The fraction of sp³-hybridized carbons (Fsp3) is 0.500. The third-order valence-electron chi connectivity index (χ3n) is 1.74. The normalized spacial score (nSPS) is 18.1. The van der Waals surface area contributed by atoms with E-state index in [0.29, 0.717) is 5.92 Å². The molecule has 0 nitrogen and oxygen atoms in total. The summed E-state index contributed by atoms with van der Waals surface area (Å²) in [6, 6.07) is 0.982. The van der Waals surface area contributed by atoms with Gasteiger partial charge >= 0.3 is 0 Å². The molecule has 0 spiro atoms. The lowest BCUT2D eigenvalue weighted by Gasteiger charge is -2.11. The van der Waals surface area contributed by atoms with Gasteiger partial charge in [0.2, 0.25) is 6.69 Å². The summed E-state index contributed by atoms with van der Waals surface area (Å²) in [6.45, 7) is 0.123. The third-order valence-corrected chi connectivity index (χ3v) is 4.04. The average Bonchev–Trinajstić information content (AvgIpc) is 2.32. The molecule has 0 aromatic heterocycles. The van der Waals surface area contributed by atoms with Gasteiger partial charge in [0.1, 0.15) is 0 Å². The second-order valence-corrected chi connectivity index (χ2v) is 11.3. The van der Waals surface area contributed by atoms with Crippen LogP contribution in [0.25, 0.3) is 0 Å². The maximum atomic E-state index is 5.97. The molecular weight excluding hydrogens is 195 g/mol. The first-order valence-electron chi connectivity index (χ1n) is 3.81. The molecule has 1 rings (SSSR count). The van der Waals surface area contributed by atoms with Crippen molar-refractivity contribution in [1.82, 2.24) is 0 Å². The van der Waals surface area contributed by atoms with E-state index in [-0.39, 0.29) is 0 Å². The van der Waals surface area contributed by atoms with Crippen molar-refractivity contribution < 1.29 is 0 Å². The molecule has 0 fully saturated rings. The van der Waals surface area contributed by atoms with Crippen LogP contribution in [0.15, 0.2) is 24.3 Å². The molecule has 11 heavy (non-hydrogen) atoms. The van der Waals surface area contributed by atoms with Gasteiger partial charge in [0.05, 0.1) is 0 Å². The topological polar surface area (TPSA) is 0 Å². The van der Waals surface area contributed by atoms with Gasteiger partial charge in [0, 0.05) is 0 Å². The molecule has 0 radical (unpaired) electrons. The van der Waals surface area contributed by atoms with Gasteiger partial charge in [0.25, 0.3) is 0 Å². The van der Waals surface area contributed by atoms with Crippen LogP contribution in [0, 0.1) is 5.92 Å². The average molecular weight is 207 g/mol. The fourth-order valence-electron chi connectivity index (χ4n) is 1.09. The van der Waals surface area contributed by atoms with Crippen molar-refractivity contribution in [2.24, 2.45) is 5.92 Å². The first kappa shape index (κ1) is 9.37. The van der Waals surface area contributed by atoms with Gasteiger partial charge in [-0.15, -0.1) is 22.2 Å². The van der Waals surface area contributed by atoms with Crippen molar-refractivity contribution in [2.75, 3.05) is 0 Å². The molecule has 3 heteroatoms. The summed E-state index contributed by atoms with van der Waals surface area (Å²) in [5.74, 6) is 0.583. The van der Waals surface area contributed by atoms with Crippen molar-refractivity contribution >= 4 is 28.9 Å². The summed E-state index contributed by atoms with van der Waals surface area (Å²) in [5.41, 5.74) is 0. The summed E-state index contributed by atoms with van der Waals surface area (Å²) < 4.78 is 0. The quantitative estimate of drug-likeness (QED) is 0.489. The van der Waals surface area contributed by atoms with E-state index < -0.39 is 6.69 Å². The van der Waals surface area contributed by atoms with Crippen LogP contribution >= 0.6 is 22.2 Å². The minimum Gasteiger partial charge on any atom is -0.146 e. The molecule has 1 aliphatic carbocycles. The standard InChI is InChI=1S/C8H12Cl2Si/c1-11(9,10)7-6-8-4-2-3-5-8/h2-5,8H,6-7H2,1H3. The first-order chi connectivity index (χ1) is 5.08. The van der Waals surface area contributed by atoms with Crippen LogP contribution in [0.5, 0.6) is 0 Å². The number of hydrogen-bond acceptors (Lipinski definition) is 0. The molecule has 0 saturated carbocycles. The number of allylic oxidation sites excluding steroid dienone is 4. The van der Waals surface area contributed by atoms with Crippen LogP contribution in [-0.2, 0) is 0 Å². The zero-order valence-electron chi connectivity index (χ0n) is 6.56. The van der Waals surface area contributed by atoms with E-state index in [1.54, 1.807) is 0 Å². The predicted molar refractivity (Wildman–Crippen MR) is 54.5 cm³/mol. The van der Waals surface area contributed by atoms with E-state index in [2.05, 4.69) is 24.3 Å². The molecule has 0 unspecified atom stereocenters. The van der Waals surface area contributed by atoms with Gasteiger partial charge in [-0.25, -0.2) is 0 Å². The first-order valence-corrected chi connectivity index (χ1v) is 8.54. The lowest BCUT2D eigenvalue weighted by molar-refractivity contribution is 0.778. The molecule has 0 bridgehead atoms. The molecule has 0 N–H and O–H groups in total. The highest BCUT2D eigenvalue weighted by atomic mass is 35.7. The lowest BCUT2D eigenvalue weighted by Crippen LogP contribution is -2.13. The highest BCUT2D eigenvalue weighted by Gasteiger charge is 2.21. The maximum Gasteiger partial charge on any atom is 0.248 e. The molecule has 0 heterocycles.